The van der Waals surface area contributed by atoms with Crippen LogP contribution in [0, 0.1) is 5.82 Å². The lowest BCUT2D eigenvalue weighted by atomic mass is 9.89. The average Bonchev–Trinajstić information content (AvgIpc) is 3.31. The molecule has 3 aliphatic rings. The molecule has 1 amide bonds. The van der Waals surface area contributed by atoms with Crippen LogP contribution < -0.4 is 0 Å². The molecule has 2 aromatic carbocycles. The first-order chi connectivity index (χ1) is 16.4. The van der Waals surface area contributed by atoms with Crippen LogP contribution in [0.1, 0.15) is 36.3 Å². The number of ether oxygens (including phenoxy) is 1. The number of amides is 1. The number of thioether (sulfide) groups is 2. The SMILES string of the molecule is CCOC(=O)C1=C(C)N=C2SC3(C(=O)N2C1c1ccc(F)cc1)C(O)CSC3c1ccccc1. The first-order valence-corrected chi connectivity index (χ1v) is 12.8. The summed E-state index contributed by atoms with van der Waals surface area (Å²) in [5.41, 5.74) is 2.19. The molecule has 0 radical (unpaired) electrons. The van der Waals surface area contributed by atoms with Crippen LogP contribution in [0.5, 0.6) is 0 Å². The normalized spacial score (nSPS) is 28.4. The number of hydrogen-bond donors (Lipinski definition) is 1. The molecule has 2 fully saturated rings. The van der Waals surface area contributed by atoms with E-state index in [2.05, 4.69) is 4.99 Å². The van der Waals surface area contributed by atoms with Gasteiger partial charge in [-0.25, -0.2) is 14.2 Å². The minimum Gasteiger partial charge on any atom is -0.463 e. The summed E-state index contributed by atoms with van der Waals surface area (Å²) in [5.74, 6) is -0.905. The molecule has 4 unspecified atom stereocenters. The number of benzene rings is 2. The van der Waals surface area contributed by atoms with Crippen molar-refractivity contribution < 1.29 is 23.8 Å². The molecule has 4 atom stereocenters. The zero-order valence-electron chi connectivity index (χ0n) is 18.6. The summed E-state index contributed by atoms with van der Waals surface area (Å²) >= 11 is 2.79. The Bertz CT molecular complexity index is 1200. The molecule has 3 aliphatic heterocycles. The first kappa shape index (κ1) is 23.1. The third kappa shape index (κ3) is 3.49. The number of aliphatic hydroxyl groups excluding tert-OH is 1. The molecule has 0 bridgehead atoms. The molecule has 9 heteroatoms. The van der Waals surface area contributed by atoms with Crippen molar-refractivity contribution in [3.05, 3.63) is 82.8 Å². The van der Waals surface area contributed by atoms with Crippen molar-refractivity contribution >= 4 is 40.6 Å². The van der Waals surface area contributed by atoms with Crippen molar-refractivity contribution in [2.75, 3.05) is 12.4 Å². The molecular formula is C25H23FN2O4S2. The van der Waals surface area contributed by atoms with Crippen molar-refractivity contribution in [1.29, 1.82) is 0 Å². The van der Waals surface area contributed by atoms with Gasteiger partial charge in [-0.3, -0.25) is 9.69 Å². The van der Waals surface area contributed by atoms with E-state index >= 15 is 0 Å². The fourth-order valence-electron chi connectivity index (χ4n) is 4.74. The second-order valence-corrected chi connectivity index (χ2v) is 10.7. The number of allylic oxidation sites excluding steroid dienone is 1. The Labute approximate surface area is 205 Å². The maximum absolute atomic E-state index is 14.2. The Kier molecular flexibility index (Phi) is 6.03. The van der Waals surface area contributed by atoms with E-state index in [1.165, 1.54) is 40.6 Å². The molecule has 5 rings (SSSR count). The van der Waals surface area contributed by atoms with E-state index in [1.807, 2.05) is 30.3 Å². The number of aliphatic imine (C=N–C) groups is 1. The Hall–Kier alpha value is -2.62. The highest BCUT2D eigenvalue weighted by atomic mass is 32.2. The van der Waals surface area contributed by atoms with Gasteiger partial charge < -0.3 is 9.84 Å². The number of nitrogens with zero attached hydrogens (tertiary/aromatic N) is 2. The third-order valence-corrected chi connectivity index (χ3v) is 9.42. The van der Waals surface area contributed by atoms with Crippen LogP contribution >= 0.6 is 23.5 Å². The molecule has 6 nitrogen and oxygen atoms in total. The van der Waals surface area contributed by atoms with Crippen molar-refractivity contribution in [3.8, 4) is 0 Å². The maximum atomic E-state index is 14.2. The standard InChI is InChI=1S/C25H23FN2O4S2/c1-3-32-22(30)19-14(2)27-24-28(20(19)15-9-11-17(26)12-10-15)23(31)25(34-24)18(29)13-33-21(25)16-7-5-4-6-8-16/h4-12,18,20-21,29H,3,13H2,1-2H3. The zero-order valence-corrected chi connectivity index (χ0v) is 20.2. The number of hydrogen-bond acceptors (Lipinski definition) is 7. The molecule has 2 aromatic rings. The number of carbonyl (C=O) groups is 2. The lowest BCUT2D eigenvalue weighted by molar-refractivity contribution is -0.140. The number of amidine groups is 1. The Morgan fingerprint density at radius 2 is 1.91 bits per heavy atom. The van der Waals surface area contributed by atoms with Gasteiger partial charge in [-0.15, -0.1) is 11.8 Å². The predicted molar refractivity (Wildman–Crippen MR) is 131 cm³/mol. The van der Waals surface area contributed by atoms with Crippen molar-refractivity contribution in [2.24, 2.45) is 4.99 Å². The highest BCUT2D eigenvalue weighted by Gasteiger charge is 2.66. The summed E-state index contributed by atoms with van der Waals surface area (Å²) in [6.45, 7) is 3.58. The van der Waals surface area contributed by atoms with Gasteiger partial charge in [0.25, 0.3) is 0 Å². The highest BCUT2D eigenvalue weighted by molar-refractivity contribution is 8.17. The first-order valence-electron chi connectivity index (χ1n) is 11.0. The van der Waals surface area contributed by atoms with Crippen LogP contribution in [0.15, 0.2) is 70.9 Å². The highest BCUT2D eigenvalue weighted by Crippen LogP contribution is 2.61. The Morgan fingerprint density at radius 3 is 2.59 bits per heavy atom. The van der Waals surface area contributed by atoms with Crippen molar-refractivity contribution in [2.45, 2.75) is 36.0 Å². The minimum atomic E-state index is -1.19. The minimum absolute atomic E-state index is 0.167. The van der Waals surface area contributed by atoms with E-state index in [9.17, 15) is 19.1 Å². The lowest BCUT2D eigenvalue weighted by Crippen LogP contribution is -2.50. The van der Waals surface area contributed by atoms with Crippen LogP contribution in [0.4, 0.5) is 4.39 Å². The van der Waals surface area contributed by atoms with E-state index in [0.29, 0.717) is 22.2 Å². The smallest absolute Gasteiger partial charge is 0.338 e. The van der Waals surface area contributed by atoms with Crippen LogP contribution in [0.25, 0.3) is 0 Å². The molecule has 2 saturated heterocycles. The molecule has 1 N–H and O–H groups in total. The Morgan fingerprint density at radius 1 is 1.21 bits per heavy atom. The molecular weight excluding hydrogens is 475 g/mol. The summed E-state index contributed by atoms with van der Waals surface area (Å²) < 4.78 is 17.8. The van der Waals surface area contributed by atoms with E-state index in [1.54, 1.807) is 26.0 Å². The predicted octanol–water partition coefficient (Wildman–Crippen LogP) is 4.24. The zero-order chi connectivity index (χ0) is 24.0. The molecule has 0 aromatic heterocycles. The Balaban J connectivity index is 1.65. The fraction of sp³-hybridized carbons (Fsp3) is 0.320. The summed E-state index contributed by atoms with van der Waals surface area (Å²) in [5, 5.41) is 11.3. The monoisotopic (exact) mass is 498 g/mol. The van der Waals surface area contributed by atoms with E-state index in [4.69, 9.17) is 4.74 Å². The van der Waals surface area contributed by atoms with Crippen LogP contribution in [-0.4, -0.2) is 50.3 Å². The average molecular weight is 499 g/mol. The van der Waals surface area contributed by atoms with Gasteiger partial charge in [-0.1, -0.05) is 54.2 Å². The summed E-state index contributed by atoms with van der Waals surface area (Å²) in [4.78, 5) is 33.4. The van der Waals surface area contributed by atoms with Gasteiger partial charge >= 0.3 is 5.97 Å². The molecule has 0 saturated carbocycles. The van der Waals surface area contributed by atoms with Gasteiger partial charge in [-0.05, 0) is 37.1 Å². The lowest BCUT2D eigenvalue weighted by Gasteiger charge is -2.34. The number of esters is 1. The van der Waals surface area contributed by atoms with Gasteiger partial charge in [0, 0.05) is 5.75 Å². The summed E-state index contributed by atoms with van der Waals surface area (Å²) in [6, 6.07) is 14.5. The quantitative estimate of drug-likeness (QED) is 0.636. The largest absolute Gasteiger partial charge is 0.463 e. The van der Waals surface area contributed by atoms with Crippen LogP contribution in [0.2, 0.25) is 0 Å². The molecule has 0 aliphatic carbocycles. The van der Waals surface area contributed by atoms with E-state index in [0.717, 1.165) is 5.56 Å². The van der Waals surface area contributed by atoms with Gasteiger partial charge in [0.1, 0.15) is 10.6 Å². The van der Waals surface area contributed by atoms with Crippen molar-refractivity contribution in [3.63, 3.8) is 0 Å². The van der Waals surface area contributed by atoms with Gasteiger partial charge in [-0.2, -0.15) is 0 Å². The molecule has 1 spiro atoms. The molecule has 3 heterocycles. The number of fused-ring (bicyclic) bond motifs is 1. The fourth-order valence-corrected chi connectivity index (χ4v) is 8.11. The summed E-state index contributed by atoms with van der Waals surface area (Å²) in [6.07, 6.45) is -0.909. The third-order valence-electron chi connectivity index (χ3n) is 6.29. The topological polar surface area (TPSA) is 79.2 Å². The molecule has 34 heavy (non-hydrogen) atoms. The van der Waals surface area contributed by atoms with Gasteiger partial charge in [0.2, 0.25) is 5.91 Å². The van der Waals surface area contributed by atoms with E-state index < -0.39 is 28.7 Å². The number of rotatable bonds is 4. The van der Waals surface area contributed by atoms with E-state index in [-0.39, 0.29) is 23.3 Å². The van der Waals surface area contributed by atoms with Crippen molar-refractivity contribution in [1.82, 2.24) is 4.90 Å². The summed E-state index contributed by atoms with van der Waals surface area (Å²) in [7, 11) is 0. The maximum Gasteiger partial charge on any atom is 0.338 e. The second-order valence-electron chi connectivity index (χ2n) is 8.28. The van der Waals surface area contributed by atoms with Crippen LogP contribution in [0.3, 0.4) is 0 Å². The number of halogens is 1. The number of aliphatic hydroxyl groups is 1. The van der Waals surface area contributed by atoms with Gasteiger partial charge in [0.05, 0.1) is 35.3 Å². The second kappa shape index (κ2) is 8.87. The van der Waals surface area contributed by atoms with Gasteiger partial charge in [0.15, 0.2) is 5.17 Å². The molecule has 176 valence electrons. The van der Waals surface area contributed by atoms with Crippen LogP contribution in [-0.2, 0) is 14.3 Å². The number of carbonyl (C=O) groups excluding carboxylic acids is 2.